The number of carboxylic acids is 1. The second kappa shape index (κ2) is 4.90. The first kappa shape index (κ1) is 11.5. The van der Waals surface area contributed by atoms with E-state index in [1.165, 1.54) is 18.6 Å². The van der Waals surface area contributed by atoms with Crippen molar-refractivity contribution < 1.29 is 14.7 Å². The van der Waals surface area contributed by atoms with Crippen LogP contribution in [0.3, 0.4) is 0 Å². The topological polar surface area (TPSA) is 92.2 Å². The van der Waals surface area contributed by atoms with Crippen LogP contribution in [0.15, 0.2) is 18.6 Å². The molecule has 1 aliphatic carbocycles. The highest BCUT2D eigenvalue weighted by molar-refractivity contribution is 5.92. The van der Waals surface area contributed by atoms with E-state index in [4.69, 9.17) is 5.11 Å². The fraction of sp³-hybridized carbons (Fsp3) is 0.455. The van der Waals surface area contributed by atoms with E-state index in [0.29, 0.717) is 0 Å². The number of aliphatic carboxylic acids is 1. The lowest BCUT2D eigenvalue weighted by Crippen LogP contribution is -2.38. The van der Waals surface area contributed by atoms with E-state index in [1.807, 2.05) is 0 Å². The van der Waals surface area contributed by atoms with Gasteiger partial charge in [-0.1, -0.05) is 0 Å². The van der Waals surface area contributed by atoms with Gasteiger partial charge in [0.2, 0.25) is 0 Å². The Labute approximate surface area is 98.1 Å². The monoisotopic (exact) mass is 235 g/mol. The second-order valence-corrected chi connectivity index (χ2v) is 4.11. The molecule has 1 aromatic heterocycles. The summed E-state index contributed by atoms with van der Waals surface area (Å²) in [5.74, 6) is -0.982. The number of carbonyl (C=O) groups is 2. The van der Waals surface area contributed by atoms with Crippen molar-refractivity contribution in [3.63, 3.8) is 0 Å². The number of amides is 1. The third kappa shape index (κ3) is 3.24. The fourth-order valence-corrected chi connectivity index (χ4v) is 1.68. The van der Waals surface area contributed by atoms with Crippen molar-refractivity contribution in [2.75, 3.05) is 0 Å². The summed E-state index contributed by atoms with van der Waals surface area (Å²) in [6.45, 7) is 0. The molecular formula is C11H13N3O3. The van der Waals surface area contributed by atoms with Crippen LogP contribution >= 0.6 is 0 Å². The molecule has 1 fully saturated rings. The summed E-state index contributed by atoms with van der Waals surface area (Å²) in [6.07, 6.45) is 6.17. The maximum absolute atomic E-state index is 11.8. The van der Waals surface area contributed by atoms with Crippen molar-refractivity contribution in [3.8, 4) is 0 Å². The van der Waals surface area contributed by atoms with E-state index in [-0.39, 0.29) is 30.0 Å². The number of carbonyl (C=O) groups excluding carboxylic acids is 1. The summed E-state index contributed by atoms with van der Waals surface area (Å²) in [6, 6.07) is -0.304. The lowest BCUT2D eigenvalue weighted by Gasteiger charge is -2.15. The molecule has 0 bridgehead atoms. The zero-order valence-corrected chi connectivity index (χ0v) is 9.17. The van der Waals surface area contributed by atoms with Crippen LogP contribution in [0.4, 0.5) is 0 Å². The Morgan fingerprint density at radius 1 is 1.47 bits per heavy atom. The van der Waals surface area contributed by atoms with Gasteiger partial charge in [-0.2, -0.15) is 0 Å². The summed E-state index contributed by atoms with van der Waals surface area (Å²) in [5.41, 5.74) is 0.212. The molecule has 1 aromatic rings. The van der Waals surface area contributed by atoms with Crippen LogP contribution < -0.4 is 5.32 Å². The molecule has 6 heteroatoms. The normalized spacial score (nSPS) is 16.2. The Hall–Kier alpha value is -1.98. The van der Waals surface area contributed by atoms with Crippen LogP contribution in [0.2, 0.25) is 0 Å². The van der Waals surface area contributed by atoms with Crippen LogP contribution in [0.1, 0.15) is 29.8 Å². The predicted molar refractivity (Wildman–Crippen MR) is 58.3 cm³/mol. The number of hydrogen-bond donors (Lipinski definition) is 2. The Morgan fingerprint density at radius 2 is 2.24 bits per heavy atom. The van der Waals surface area contributed by atoms with Gasteiger partial charge in [0.05, 0.1) is 12.6 Å². The van der Waals surface area contributed by atoms with Gasteiger partial charge >= 0.3 is 5.97 Å². The molecule has 17 heavy (non-hydrogen) atoms. The zero-order chi connectivity index (χ0) is 12.3. The minimum absolute atomic E-state index is 0.0450. The molecule has 1 heterocycles. The zero-order valence-electron chi connectivity index (χ0n) is 9.17. The summed E-state index contributed by atoms with van der Waals surface area (Å²) in [4.78, 5) is 30.1. The number of rotatable bonds is 5. The van der Waals surface area contributed by atoms with Crippen molar-refractivity contribution >= 4 is 11.9 Å². The number of nitrogens with zero attached hydrogens (tertiary/aromatic N) is 2. The van der Waals surface area contributed by atoms with Gasteiger partial charge in [-0.15, -0.1) is 0 Å². The van der Waals surface area contributed by atoms with Gasteiger partial charge in [-0.25, -0.2) is 4.98 Å². The van der Waals surface area contributed by atoms with Gasteiger partial charge < -0.3 is 10.4 Å². The molecule has 0 aliphatic heterocycles. The first-order chi connectivity index (χ1) is 8.16. The van der Waals surface area contributed by atoms with Crippen LogP contribution in [-0.2, 0) is 4.79 Å². The number of aromatic nitrogens is 2. The van der Waals surface area contributed by atoms with E-state index in [1.54, 1.807) is 0 Å². The van der Waals surface area contributed by atoms with Gasteiger partial charge in [-0.3, -0.25) is 14.6 Å². The lowest BCUT2D eigenvalue weighted by atomic mass is 10.1. The average molecular weight is 235 g/mol. The Balaban J connectivity index is 1.98. The molecule has 0 spiro atoms. The minimum atomic E-state index is -0.902. The van der Waals surface area contributed by atoms with Crippen molar-refractivity contribution in [2.45, 2.75) is 25.3 Å². The molecule has 0 aromatic carbocycles. The van der Waals surface area contributed by atoms with Crippen molar-refractivity contribution in [3.05, 3.63) is 24.3 Å². The average Bonchev–Trinajstić information content (AvgIpc) is 3.12. The summed E-state index contributed by atoms with van der Waals surface area (Å²) in [7, 11) is 0. The molecule has 0 radical (unpaired) electrons. The molecule has 1 unspecified atom stereocenters. The summed E-state index contributed by atoms with van der Waals surface area (Å²) >= 11 is 0. The van der Waals surface area contributed by atoms with Gasteiger partial charge in [0, 0.05) is 18.4 Å². The highest BCUT2D eigenvalue weighted by atomic mass is 16.4. The standard InChI is InChI=1S/C11H13N3O3/c15-10(16)5-8(7-1-2-7)14-11(17)9-6-12-3-4-13-9/h3-4,6-8H,1-2,5H2,(H,14,17)(H,15,16). The third-order valence-corrected chi connectivity index (χ3v) is 2.70. The quantitative estimate of drug-likeness (QED) is 0.773. The molecule has 2 N–H and O–H groups in total. The number of carboxylic acid groups (broad SMARTS) is 1. The van der Waals surface area contributed by atoms with Crippen LogP contribution in [-0.4, -0.2) is 33.0 Å². The highest BCUT2D eigenvalue weighted by Gasteiger charge is 2.34. The highest BCUT2D eigenvalue weighted by Crippen LogP contribution is 2.34. The summed E-state index contributed by atoms with van der Waals surface area (Å²) in [5, 5.41) is 11.5. The molecule has 90 valence electrons. The van der Waals surface area contributed by atoms with Gasteiger partial charge in [0.25, 0.3) is 5.91 Å². The van der Waals surface area contributed by atoms with E-state index >= 15 is 0 Å². The number of nitrogens with one attached hydrogen (secondary N) is 1. The SMILES string of the molecule is O=C(O)CC(NC(=O)c1cnccn1)C1CC1. The molecule has 0 saturated heterocycles. The van der Waals surface area contributed by atoms with Gasteiger partial charge in [-0.05, 0) is 18.8 Å². The molecule has 1 aliphatic rings. The van der Waals surface area contributed by atoms with Gasteiger partial charge in [0.1, 0.15) is 5.69 Å². The maximum atomic E-state index is 11.8. The summed E-state index contributed by atoms with van der Waals surface area (Å²) < 4.78 is 0. The Bertz CT molecular complexity index is 417. The van der Waals surface area contributed by atoms with E-state index in [9.17, 15) is 9.59 Å². The molecule has 6 nitrogen and oxygen atoms in total. The Morgan fingerprint density at radius 3 is 2.76 bits per heavy atom. The first-order valence-corrected chi connectivity index (χ1v) is 5.45. The fourth-order valence-electron chi connectivity index (χ4n) is 1.68. The second-order valence-electron chi connectivity index (χ2n) is 4.11. The van der Waals surface area contributed by atoms with Crippen molar-refractivity contribution in [1.29, 1.82) is 0 Å². The molecular weight excluding hydrogens is 222 g/mol. The van der Waals surface area contributed by atoms with Gasteiger partial charge in [0.15, 0.2) is 0 Å². The van der Waals surface area contributed by atoms with Crippen LogP contribution in [0.5, 0.6) is 0 Å². The first-order valence-electron chi connectivity index (χ1n) is 5.45. The molecule has 1 amide bonds. The van der Waals surface area contributed by atoms with E-state index < -0.39 is 5.97 Å². The largest absolute Gasteiger partial charge is 0.481 e. The third-order valence-electron chi connectivity index (χ3n) is 2.70. The molecule has 2 rings (SSSR count). The minimum Gasteiger partial charge on any atom is -0.481 e. The predicted octanol–water partition coefficient (Wildman–Crippen LogP) is 0.460. The Kier molecular flexibility index (Phi) is 3.32. The van der Waals surface area contributed by atoms with E-state index in [2.05, 4.69) is 15.3 Å². The molecule has 1 saturated carbocycles. The van der Waals surface area contributed by atoms with Crippen LogP contribution in [0, 0.1) is 5.92 Å². The smallest absolute Gasteiger partial charge is 0.305 e. The van der Waals surface area contributed by atoms with E-state index in [0.717, 1.165) is 12.8 Å². The maximum Gasteiger partial charge on any atom is 0.305 e. The number of hydrogen-bond acceptors (Lipinski definition) is 4. The lowest BCUT2D eigenvalue weighted by molar-refractivity contribution is -0.137. The van der Waals surface area contributed by atoms with Crippen LogP contribution in [0.25, 0.3) is 0 Å². The van der Waals surface area contributed by atoms with Crippen molar-refractivity contribution in [2.24, 2.45) is 5.92 Å². The molecule has 1 atom stereocenters. The van der Waals surface area contributed by atoms with Crippen molar-refractivity contribution in [1.82, 2.24) is 15.3 Å².